The molecule has 23 heavy (non-hydrogen) atoms. The summed E-state index contributed by atoms with van der Waals surface area (Å²) in [7, 11) is 0. The van der Waals surface area contributed by atoms with E-state index in [1.807, 2.05) is 11.3 Å². The highest BCUT2D eigenvalue weighted by Crippen LogP contribution is 2.26. The molecule has 0 radical (unpaired) electrons. The first-order chi connectivity index (χ1) is 10.8. The molecule has 0 unspecified atom stereocenters. The van der Waals surface area contributed by atoms with E-state index in [9.17, 15) is 4.79 Å². The van der Waals surface area contributed by atoms with Gasteiger partial charge < -0.3 is 10.6 Å². The van der Waals surface area contributed by atoms with Gasteiger partial charge in [-0.3, -0.25) is 4.79 Å². The molecule has 1 aromatic heterocycles. The maximum absolute atomic E-state index is 11.9. The molecule has 1 aromatic rings. The fourth-order valence-corrected chi connectivity index (χ4v) is 4.57. The highest BCUT2D eigenvalue weighted by molar-refractivity contribution is 7.11. The van der Waals surface area contributed by atoms with Crippen molar-refractivity contribution in [3.63, 3.8) is 0 Å². The lowest BCUT2D eigenvalue weighted by Crippen LogP contribution is -2.30. The van der Waals surface area contributed by atoms with Gasteiger partial charge in [0.05, 0.1) is 10.7 Å². The van der Waals surface area contributed by atoms with E-state index in [4.69, 9.17) is 4.98 Å². The fraction of sp³-hybridized carbons (Fsp3) is 0.765. The van der Waals surface area contributed by atoms with E-state index < -0.39 is 0 Å². The molecule has 2 heterocycles. The van der Waals surface area contributed by atoms with Crippen molar-refractivity contribution >= 4 is 29.7 Å². The van der Waals surface area contributed by atoms with Crippen LogP contribution in [0, 0.1) is 5.92 Å². The second-order valence-electron chi connectivity index (χ2n) is 6.52. The average Bonchev–Trinajstić information content (AvgIpc) is 2.96. The molecule has 0 aromatic carbocycles. The van der Waals surface area contributed by atoms with Crippen molar-refractivity contribution in [2.75, 3.05) is 19.6 Å². The third kappa shape index (κ3) is 5.73. The molecule has 6 heteroatoms. The van der Waals surface area contributed by atoms with Crippen LogP contribution < -0.4 is 10.6 Å². The van der Waals surface area contributed by atoms with Crippen molar-refractivity contribution in [1.29, 1.82) is 0 Å². The molecule has 1 aliphatic carbocycles. The number of hydrogen-bond donors (Lipinski definition) is 2. The summed E-state index contributed by atoms with van der Waals surface area (Å²) in [5.41, 5.74) is 1.32. The molecule has 4 nitrogen and oxygen atoms in total. The van der Waals surface area contributed by atoms with Gasteiger partial charge in [0.25, 0.3) is 0 Å². The second kappa shape index (κ2) is 9.60. The lowest BCUT2D eigenvalue weighted by molar-refractivity contribution is -0.121. The van der Waals surface area contributed by atoms with Gasteiger partial charge in [-0.2, -0.15) is 0 Å². The molecule has 2 N–H and O–H groups in total. The maximum Gasteiger partial charge on any atom is 0.220 e. The van der Waals surface area contributed by atoms with Crippen LogP contribution in [0.4, 0.5) is 0 Å². The molecule has 3 rings (SSSR count). The van der Waals surface area contributed by atoms with Gasteiger partial charge in [0, 0.05) is 24.3 Å². The number of thiazole rings is 1. The minimum absolute atomic E-state index is 0. The highest BCUT2D eigenvalue weighted by atomic mass is 35.5. The number of halogens is 1. The number of hydrogen-bond acceptors (Lipinski definition) is 4. The van der Waals surface area contributed by atoms with Gasteiger partial charge in [-0.1, -0.05) is 0 Å². The quantitative estimate of drug-likeness (QED) is 0.823. The smallest absolute Gasteiger partial charge is 0.220 e. The minimum Gasteiger partial charge on any atom is -0.356 e. The molecule has 1 amide bonds. The minimum atomic E-state index is 0. The number of nitrogens with one attached hydrogen (secondary N) is 2. The summed E-state index contributed by atoms with van der Waals surface area (Å²) in [5.74, 6) is 0.942. The Morgan fingerprint density at radius 1 is 1.26 bits per heavy atom. The highest BCUT2D eigenvalue weighted by Gasteiger charge is 2.16. The first kappa shape index (κ1) is 18.7. The first-order valence-electron chi connectivity index (χ1n) is 8.76. The van der Waals surface area contributed by atoms with Crippen molar-refractivity contribution in [3.8, 4) is 0 Å². The van der Waals surface area contributed by atoms with Crippen molar-refractivity contribution in [2.24, 2.45) is 5.92 Å². The molecule has 130 valence electrons. The predicted octanol–water partition coefficient (Wildman–Crippen LogP) is 2.88. The summed E-state index contributed by atoms with van der Waals surface area (Å²) in [6.45, 7) is 2.96. The van der Waals surface area contributed by atoms with E-state index in [1.165, 1.54) is 47.7 Å². The number of aromatic nitrogens is 1. The van der Waals surface area contributed by atoms with Gasteiger partial charge in [0.1, 0.15) is 0 Å². The Kier molecular flexibility index (Phi) is 7.80. The third-order valence-electron chi connectivity index (χ3n) is 4.79. The summed E-state index contributed by atoms with van der Waals surface area (Å²) >= 11 is 1.85. The van der Waals surface area contributed by atoms with Crippen molar-refractivity contribution in [3.05, 3.63) is 15.6 Å². The van der Waals surface area contributed by atoms with E-state index in [1.54, 1.807) is 0 Å². The number of fused-ring (bicyclic) bond motifs is 1. The summed E-state index contributed by atoms with van der Waals surface area (Å²) in [6.07, 6.45) is 9.99. The molecule has 0 atom stereocenters. The number of amides is 1. The summed E-state index contributed by atoms with van der Waals surface area (Å²) in [6, 6.07) is 0. The van der Waals surface area contributed by atoms with Gasteiger partial charge in [-0.05, 0) is 64.0 Å². The van der Waals surface area contributed by atoms with E-state index in [2.05, 4.69) is 10.6 Å². The van der Waals surface area contributed by atoms with Crippen LogP contribution in [-0.2, 0) is 24.1 Å². The monoisotopic (exact) mass is 357 g/mol. The number of nitrogens with zero attached hydrogens (tertiary/aromatic N) is 1. The Morgan fingerprint density at radius 3 is 2.83 bits per heavy atom. The first-order valence-corrected chi connectivity index (χ1v) is 9.58. The molecule has 0 spiro atoms. The Morgan fingerprint density at radius 2 is 2.04 bits per heavy atom. The number of piperidine rings is 1. The van der Waals surface area contributed by atoms with Crippen molar-refractivity contribution < 1.29 is 4.79 Å². The summed E-state index contributed by atoms with van der Waals surface area (Å²) < 4.78 is 0. The summed E-state index contributed by atoms with van der Waals surface area (Å²) in [5, 5.41) is 7.63. The second-order valence-corrected chi connectivity index (χ2v) is 7.68. The largest absolute Gasteiger partial charge is 0.356 e. The Balaban J connectivity index is 0.00000192. The molecular weight excluding hydrogens is 330 g/mol. The van der Waals surface area contributed by atoms with Crippen LogP contribution in [-0.4, -0.2) is 30.5 Å². The van der Waals surface area contributed by atoms with Crippen LogP contribution >= 0.6 is 23.7 Å². The van der Waals surface area contributed by atoms with Gasteiger partial charge in [0.15, 0.2) is 0 Å². The van der Waals surface area contributed by atoms with E-state index in [0.717, 1.165) is 44.8 Å². The number of carbonyl (C=O) groups is 1. The van der Waals surface area contributed by atoms with Crippen LogP contribution in [0.1, 0.15) is 54.1 Å². The number of aryl methyl sites for hydroxylation is 2. The normalized spacial score (nSPS) is 18.1. The molecular formula is C17H28ClN3OS. The Labute approximate surface area is 149 Å². The predicted molar refractivity (Wildman–Crippen MR) is 97.5 cm³/mol. The Bertz CT molecular complexity index is 477. The molecule has 2 aliphatic rings. The van der Waals surface area contributed by atoms with Gasteiger partial charge in [-0.15, -0.1) is 23.7 Å². The van der Waals surface area contributed by atoms with Crippen LogP contribution in [0.15, 0.2) is 0 Å². The summed E-state index contributed by atoms with van der Waals surface area (Å²) in [4.78, 5) is 18.1. The van der Waals surface area contributed by atoms with Gasteiger partial charge in [-0.25, -0.2) is 4.98 Å². The van der Waals surface area contributed by atoms with E-state index in [-0.39, 0.29) is 18.3 Å². The Hall–Kier alpha value is -0.650. The third-order valence-corrected chi connectivity index (χ3v) is 6.01. The maximum atomic E-state index is 11.9. The van der Waals surface area contributed by atoms with Crippen LogP contribution in [0.3, 0.4) is 0 Å². The molecule has 1 fully saturated rings. The standard InChI is InChI=1S/C17H27N3OS.ClH/c21-16(6-5-13-7-10-18-11-8-13)19-12-9-17-20-14-3-1-2-4-15(14)22-17;/h13,18H,1-12H2,(H,19,21);1H. The van der Waals surface area contributed by atoms with Crippen LogP contribution in [0.2, 0.25) is 0 Å². The molecule has 0 saturated carbocycles. The lowest BCUT2D eigenvalue weighted by atomic mass is 9.93. The van der Waals surface area contributed by atoms with Gasteiger partial charge >= 0.3 is 0 Å². The average molecular weight is 358 g/mol. The topological polar surface area (TPSA) is 54.0 Å². The zero-order chi connectivity index (χ0) is 15.2. The van der Waals surface area contributed by atoms with Crippen LogP contribution in [0.25, 0.3) is 0 Å². The molecule has 1 saturated heterocycles. The fourth-order valence-electron chi connectivity index (χ4n) is 3.42. The zero-order valence-electron chi connectivity index (χ0n) is 13.7. The van der Waals surface area contributed by atoms with Crippen molar-refractivity contribution in [2.45, 2.75) is 57.8 Å². The SMILES string of the molecule is Cl.O=C(CCC1CCNCC1)NCCc1nc2c(s1)CCCC2. The van der Waals surface area contributed by atoms with Gasteiger partial charge in [0.2, 0.25) is 5.91 Å². The van der Waals surface area contributed by atoms with Crippen LogP contribution in [0.5, 0.6) is 0 Å². The number of rotatable bonds is 6. The van der Waals surface area contributed by atoms with E-state index in [0.29, 0.717) is 6.42 Å². The lowest BCUT2D eigenvalue weighted by Gasteiger charge is -2.22. The van der Waals surface area contributed by atoms with E-state index >= 15 is 0 Å². The molecule has 1 aliphatic heterocycles. The number of carbonyl (C=O) groups excluding carboxylic acids is 1. The zero-order valence-corrected chi connectivity index (χ0v) is 15.4. The molecule has 0 bridgehead atoms. The van der Waals surface area contributed by atoms with Crippen molar-refractivity contribution in [1.82, 2.24) is 15.6 Å².